The fourth-order valence-corrected chi connectivity index (χ4v) is 4.25. The number of anilines is 1. The van der Waals surface area contributed by atoms with Crippen LogP contribution in [0.25, 0.3) is 0 Å². The van der Waals surface area contributed by atoms with Crippen molar-refractivity contribution in [3.8, 4) is 0 Å². The Kier molecular flexibility index (Phi) is 8.24. The third-order valence-corrected chi connectivity index (χ3v) is 6.08. The van der Waals surface area contributed by atoms with Gasteiger partial charge in [0.25, 0.3) is 11.8 Å². The Morgan fingerprint density at radius 2 is 1.77 bits per heavy atom. The van der Waals surface area contributed by atoms with Crippen molar-refractivity contribution >= 4 is 52.6 Å². The molecule has 1 N–H and O–H groups in total. The van der Waals surface area contributed by atoms with E-state index in [4.69, 9.17) is 23.2 Å². The molecule has 30 heavy (non-hydrogen) atoms. The van der Waals surface area contributed by atoms with E-state index in [1.165, 1.54) is 0 Å². The van der Waals surface area contributed by atoms with E-state index in [9.17, 15) is 9.59 Å². The Balaban J connectivity index is 1.53. The third kappa shape index (κ3) is 6.03. The second-order valence-corrected chi connectivity index (χ2v) is 9.06. The van der Waals surface area contributed by atoms with Crippen molar-refractivity contribution < 1.29 is 9.59 Å². The maximum Gasteiger partial charge on any atom is 0.254 e. The molecular weight excluding hydrogens is 443 g/mol. The van der Waals surface area contributed by atoms with Gasteiger partial charge in [0, 0.05) is 60.3 Å². The summed E-state index contributed by atoms with van der Waals surface area (Å²) in [5.41, 5.74) is 1.04. The first kappa shape index (κ1) is 22.7. The Hall–Kier alpha value is -1.96. The zero-order chi connectivity index (χ0) is 21.5. The van der Waals surface area contributed by atoms with E-state index < -0.39 is 0 Å². The molecule has 0 bridgehead atoms. The number of benzene rings is 1. The predicted molar refractivity (Wildman–Crippen MR) is 124 cm³/mol. The number of nitrogens with zero attached hydrogens (tertiary/aromatic N) is 3. The molecule has 2 heterocycles. The van der Waals surface area contributed by atoms with Gasteiger partial charge in [-0.05, 0) is 36.1 Å². The molecule has 1 saturated heterocycles. The van der Waals surface area contributed by atoms with E-state index in [-0.39, 0.29) is 11.8 Å². The second kappa shape index (κ2) is 10.9. The molecule has 1 fully saturated rings. The summed E-state index contributed by atoms with van der Waals surface area (Å²) < 4.78 is 0. The predicted octanol–water partition coefficient (Wildman–Crippen LogP) is 3.83. The lowest BCUT2D eigenvalue weighted by Gasteiger charge is -2.35. The molecule has 3 rings (SSSR count). The Bertz CT molecular complexity index is 867. The molecule has 0 atom stereocenters. The number of hydrogen-bond acceptors (Lipinski definition) is 5. The monoisotopic (exact) mass is 466 g/mol. The van der Waals surface area contributed by atoms with Crippen molar-refractivity contribution in [1.82, 2.24) is 15.2 Å². The summed E-state index contributed by atoms with van der Waals surface area (Å²) in [6.45, 7) is 5.20. The number of rotatable bonds is 7. The van der Waals surface area contributed by atoms with Crippen LogP contribution in [0.3, 0.4) is 0 Å². The van der Waals surface area contributed by atoms with Crippen LogP contribution in [0.15, 0.2) is 36.5 Å². The third-order valence-electron chi connectivity index (χ3n) is 4.75. The van der Waals surface area contributed by atoms with Gasteiger partial charge < -0.3 is 15.1 Å². The van der Waals surface area contributed by atoms with Gasteiger partial charge in [-0.1, -0.05) is 30.1 Å². The molecule has 9 heteroatoms. The maximum atomic E-state index is 12.7. The molecule has 0 unspecified atom stereocenters. The number of carbonyl (C=O) groups excluding carboxylic acids is 2. The van der Waals surface area contributed by atoms with Gasteiger partial charge in [0.1, 0.15) is 5.82 Å². The van der Waals surface area contributed by atoms with Crippen molar-refractivity contribution in [3.63, 3.8) is 0 Å². The van der Waals surface area contributed by atoms with Crippen LogP contribution < -0.4 is 10.2 Å². The van der Waals surface area contributed by atoms with E-state index in [1.54, 1.807) is 47.1 Å². The van der Waals surface area contributed by atoms with E-state index in [0.29, 0.717) is 53.9 Å². The molecule has 160 valence electrons. The summed E-state index contributed by atoms with van der Waals surface area (Å²) in [6, 6.07) is 8.51. The van der Waals surface area contributed by atoms with Crippen LogP contribution >= 0.6 is 35.0 Å². The summed E-state index contributed by atoms with van der Waals surface area (Å²) in [4.78, 5) is 33.2. The lowest BCUT2D eigenvalue weighted by molar-refractivity contribution is 0.0746. The van der Waals surface area contributed by atoms with Gasteiger partial charge in [-0.2, -0.15) is 11.8 Å². The van der Waals surface area contributed by atoms with E-state index in [0.717, 1.165) is 17.3 Å². The molecule has 6 nitrogen and oxygen atoms in total. The number of pyridine rings is 1. The van der Waals surface area contributed by atoms with Crippen LogP contribution in [0.1, 0.15) is 27.6 Å². The van der Waals surface area contributed by atoms with Crippen LogP contribution in [-0.2, 0) is 0 Å². The Morgan fingerprint density at radius 3 is 2.37 bits per heavy atom. The first-order chi connectivity index (χ1) is 14.5. The minimum absolute atomic E-state index is 0.0831. The van der Waals surface area contributed by atoms with E-state index in [2.05, 4.69) is 22.1 Å². The molecule has 0 radical (unpaired) electrons. The zero-order valence-electron chi connectivity index (χ0n) is 16.7. The van der Waals surface area contributed by atoms with Gasteiger partial charge in [0.2, 0.25) is 0 Å². The summed E-state index contributed by atoms with van der Waals surface area (Å²) in [5, 5.41) is 3.79. The second-order valence-electron chi connectivity index (χ2n) is 6.80. The smallest absolute Gasteiger partial charge is 0.254 e. The highest BCUT2D eigenvalue weighted by molar-refractivity contribution is 7.99. The number of aromatic nitrogens is 1. The molecule has 2 aromatic rings. The molecule has 0 aliphatic carbocycles. The van der Waals surface area contributed by atoms with Gasteiger partial charge in [0.05, 0.1) is 5.56 Å². The van der Waals surface area contributed by atoms with Crippen LogP contribution in [0.2, 0.25) is 10.0 Å². The van der Waals surface area contributed by atoms with Crippen LogP contribution in [0.5, 0.6) is 0 Å². The van der Waals surface area contributed by atoms with Crippen molar-refractivity contribution in [2.45, 2.75) is 6.92 Å². The van der Waals surface area contributed by atoms with Crippen molar-refractivity contribution in [2.75, 3.05) is 49.1 Å². The van der Waals surface area contributed by atoms with Crippen molar-refractivity contribution in [2.24, 2.45) is 0 Å². The highest BCUT2D eigenvalue weighted by Gasteiger charge is 2.23. The number of carbonyl (C=O) groups is 2. The van der Waals surface area contributed by atoms with E-state index >= 15 is 0 Å². The molecule has 1 aliphatic heterocycles. The van der Waals surface area contributed by atoms with Crippen molar-refractivity contribution in [3.05, 3.63) is 57.7 Å². The summed E-state index contributed by atoms with van der Waals surface area (Å²) in [5.74, 6) is 2.54. The number of thioether (sulfide) groups is 1. The van der Waals surface area contributed by atoms with Crippen molar-refractivity contribution in [1.29, 1.82) is 0 Å². The Morgan fingerprint density at radius 1 is 1.07 bits per heavy atom. The number of nitrogens with one attached hydrogen (secondary N) is 1. The highest BCUT2D eigenvalue weighted by Crippen LogP contribution is 2.21. The van der Waals surface area contributed by atoms with Gasteiger partial charge in [0.15, 0.2) is 0 Å². The highest BCUT2D eigenvalue weighted by atomic mass is 35.5. The van der Waals surface area contributed by atoms with Gasteiger partial charge in [-0.15, -0.1) is 0 Å². The number of piperazine rings is 1. The lowest BCUT2D eigenvalue weighted by atomic mass is 10.1. The molecule has 1 aromatic carbocycles. The zero-order valence-corrected chi connectivity index (χ0v) is 19.1. The first-order valence-corrected chi connectivity index (χ1v) is 11.7. The molecule has 0 saturated carbocycles. The average Bonchev–Trinajstić information content (AvgIpc) is 2.75. The fourth-order valence-electron chi connectivity index (χ4n) is 3.19. The Labute approximate surface area is 190 Å². The molecule has 2 amide bonds. The summed E-state index contributed by atoms with van der Waals surface area (Å²) in [7, 11) is 0. The summed E-state index contributed by atoms with van der Waals surface area (Å²) >= 11 is 13.8. The molecular formula is C21H24Cl2N4O2S. The van der Waals surface area contributed by atoms with Gasteiger partial charge in [-0.3, -0.25) is 9.59 Å². The largest absolute Gasteiger partial charge is 0.353 e. The van der Waals surface area contributed by atoms with Gasteiger partial charge in [-0.25, -0.2) is 4.98 Å². The van der Waals surface area contributed by atoms with Crippen LogP contribution in [-0.4, -0.2) is 65.9 Å². The summed E-state index contributed by atoms with van der Waals surface area (Å²) in [6.07, 6.45) is 1.60. The number of hydrogen-bond donors (Lipinski definition) is 1. The quantitative estimate of drug-likeness (QED) is 0.627. The maximum absolute atomic E-state index is 12.7. The molecule has 0 spiro atoms. The average molecular weight is 467 g/mol. The SMILES string of the molecule is CCSCCNC(=O)c1ccc(N2CCN(C(=O)c3cc(Cl)cc(Cl)c3)CC2)nc1. The van der Waals surface area contributed by atoms with Gasteiger partial charge >= 0.3 is 0 Å². The minimum Gasteiger partial charge on any atom is -0.353 e. The number of halogens is 2. The normalized spacial score (nSPS) is 14.0. The fraction of sp³-hybridized carbons (Fsp3) is 0.381. The number of amides is 2. The van der Waals surface area contributed by atoms with E-state index in [1.807, 2.05) is 6.07 Å². The minimum atomic E-state index is -0.110. The van der Waals surface area contributed by atoms with Crippen LogP contribution in [0, 0.1) is 0 Å². The standard InChI is InChI=1S/C21H24Cl2N4O2S/c1-2-30-10-5-24-20(28)15-3-4-19(25-14-15)26-6-8-27(9-7-26)21(29)16-11-17(22)13-18(23)12-16/h3-4,11-14H,2,5-10H2,1H3,(H,24,28). The first-order valence-electron chi connectivity index (χ1n) is 9.80. The molecule has 1 aromatic heterocycles. The molecule has 1 aliphatic rings. The van der Waals surface area contributed by atoms with Crippen LogP contribution in [0.4, 0.5) is 5.82 Å². The topological polar surface area (TPSA) is 65.5 Å². The lowest BCUT2D eigenvalue weighted by Crippen LogP contribution is -2.49.